The maximum absolute atomic E-state index is 12.6. The van der Waals surface area contributed by atoms with E-state index in [1.54, 1.807) is 6.07 Å². The monoisotopic (exact) mass is 560 g/mol. The van der Waals surface area contributed by atoms with Crippen molar-refractivity contribution in [2.24, 2.45) is 0 Å². The lowest BCUT2D eigenvalue weighted by atomic mass is 10.1. The molecule has 1 amide bonds. The highest BCUT2D eigenvalue weighted by Crippen LogP contribution is 2.23. The molecule has 1 N–H and O–H groups in total. The van der Waals surface area contributed by atoms with Crippen molar-refractivity contribution < 1.29 is 28.6 Å². The molecule has 38 heavy (non-hydrogen) atoms. The first kappa shape index (κ1) is 29.0. The molecule has 1 heterocycles. The number of esters is 2. The van der Waals surface area contributed by atoms with Crippen molar-refractivity contribution in [2.45, 2.75) is 38.4 Å². The molecule has 12 heteroatoms. The molecule has 0 aliphatic carbocycles. The Morgan fingerprint density at radius 1 is 1.03 bits per heavy atom. The molecule has 0 atom stereocenters. The minimum atomic E-state index is -0.641. The van der Waals surface area contributed by atoms with Crippen LogP contribution in [0.2, 0.25) is 5.02 Å². The first-order valence-electron chi connectivity index (χ1n) is 11.8. The largest absolute Gasteiger partial charge is 0.493 e. The minimum absolute atomic E-state index is 0.0487. The Hall–Kier alpha value is -3.57. The van der Waals surface area contributed by atoms with Crippen LogP contribution in [0, 0.1) is 6.92 Å². The summed E-state index contributed by atoms with van der Waals surface area (Å²) in [6.45, 7) is 5.09. The molecule has 1 aromatic heterocycles. The second-order valence-corrected chi connectivity index (χ2v) is 9.50. The van der Waals surface area contributed by atoms with Gasteiger partial charge in [0.25, 0.3) is 0 Å². The molecule has 0 saturated carbocycles. The van der Waals surface area contributed by atoms with Crippen molar-refractivity contribution in [3.05, 3.63) is 63.9 Å². The summed E-state index contributed by atoms with van der Waals surface area (Å²) in [6.07, 6.45) is 1.40. The zero-order valence-corrected chi connectivity index (χ0v) is 23.1. The summed E-state index contributed by atoms with van der Waals surface area (Å²) in [4.78, 5) is 36.6. The number of carbonyl (C=O) groups excluding carboxylic acids is 3. The van der Waals surface area contributed by atoms with Gasteiger partial charge in [-0.2, -0.15) is 0 Å². The average molecular weight is 561 g/mol. The Morgan fingerprint density at radius 3 is 2.32 bits per heavy atom. The van der Waals surface area contributed by atoms with Gasteiger partial charge in [-0.3, -0.25) is 4.79 Å². The van der Waals surface area contributed by atoms with Crippen LogP contribution < -0.4 is 10.1 Å². The number of nitrogens with one attached hydrogen (secondary N) is 1. The zero-order valence-electron chi connectivity index (χ0n) is 21.6. The third kappa shape index (κ3) is 7.72. The summed E-state index contributed by atoms with van der Waals surface area (Å²) in [5, 5.41) is 12.5. The number of methoxy groups -OCH3 is 2. The minimum Gasteiger partial charge on any atom is -0.493 e. The van der Waals surface area contributed by atoms with Gasteiger partial charge in [-0.25, -0.2) is 9.59 Å². The summed E-state index contributed by atoms with van der Waals surface area (Å²) in [5.74, 6) is 0.0277. The fourth-order valence-electron chi connectivity index (χ4n) is 3.61. The second kappa shape index (κ2) is 13.8. The van der Waals surface area contributed by atoms with Gasteiger partial charge in [0.1, 0.15) is 11.6 Å². The van der Waals surface area contributed by atoms with Crippen LogP contribution in [0.15, 0.2) is 41.6 Å². The van der Waals surface area contributed by atoms with Gasteiger partial charge in [0.05, 0.1) is 37.7 Å². The third-order valence-corrected chi connectivity index (χ3v) is 6.64. The van der Waals surface area contributed by atoms with Crippen LogP contribution in [0.25, 0.3) is 0 Å². The fraction of sp³-hybridized carbons (Fsp3) is 0.346. The summed E-state index contributed by atoms with van der Waals surface area (Å²) in [7, 11) is 2.46. The SMILES string of the molecule is CCn1c(CCCOc2ccc(Cl)cc2C)nnc1SCC(=O)Nc1cc(C(=O)OC)cc(C(=O)OC)c1. The van der Waals surface area contributed by atoms with Crippen molar-refractivity contribution in [1.82, 2.24) is 14.8 Å². The summed E-state index contributed by atoms with van der Waals surface area (Å²) in [5.41, 5.74) is 1.48. The molecule has 0 aliphatic rings. The van der Waals surface area contributed by atoms with E-state index in [0.717, 1.165) is 23.6 Å². The quantitative estimate of drug-likeness (QED) is 0.193. The highest BCUT2D eigenvalue weighted by molar-refractivity contribution is 7.99. The molecule has 0 bridgehead atoms. The van der Waals surface area contributed by atoms with E-state index in [2.05, 4.69) is 15.5 Å². The molecule has 3 rings (SSSR count). The fourth-order valence-corrected chi connectivity index (χ4v) is 4.66. The van der Waals surface area contributed by atoms with E-state index in [1.165, 1.54) is 44.2 Å². The van der Waals surface area contributed by atoms with Crippen LogP contribution in [0.3, 0.4) is 0 Å². The van der Waals surface area contributed by atoms with Gasteiger partial charge in [-0.1, -0.05) is 23.4 Å². The van der Waals surface area contributed by atoms with Crippen LogP contribution in [0.4, 0.5) is 5.69 Å². The van der Waals surface area contributed by atoms with Crippen LogP contribution in [0.1, 0.15) is 45.4 Å². The Morgan fingerprint density at radius 2 is 1.71 bits per heavy atom. The number of thioether (sulfide) groups is 1. The lowest BCUT2D eigenvalue weighted by Gasteiger charge is -2.11. The molecule has 202 valence electrons. The predicted molar refractivity (Wildman–Crippen MR) is 144 cm³/mol. The summed E-state index contributed by atoms with van der Waals surface area (Å²) < 4.78 is 17.3. The van der Waals surface area contributed by atoms with Crippen LogP contribution in [-0.4, -0.2) is 59.2 Å². The molecule has 2 aromatic carbocycles. The highest BCUT2D eigenvalue weighted by atomic mass is 35.5. The number of anilines is 1. The smallest absolute Gasteiger partial charge is 0.337 e. The van der Waals surface area contributed by atoms with Gasteiger partial charge < -0.3 is 24.1 Å². The van der Waals surface area contributed by atoms with E-state index in [9.17, 15) is 14.4 Å². The number of hydrogen-bond acceptors (Lipinski definition) is 9. The predicted octanol–water partition coefficient (Wildman–Crippen LogP) is 4.58. The van der Waals surface area contributed by atoms with Crippen molar-refractivity contribution >= 4 is 46.9 Å². The van der Waals surface area contributed by atoms with E-state index < -0.39 is 11.9 Å². The topological polar surface area (TPSA) is 122 Å². The Labute approximate surface area is 230 Å². The summed E-state index contributed by atoms with van der Waals surface area (Å²) in [6, 6.07) is 9.72. The molecule has 0 unspecified atom stereocenters. The van der Waals surface area contributed by atoms with E-state index in [4.69, 9.17) is 25.8 Å². The number of halogens is 1. The molecule has 0 radical (unpaired) electrons. The molecular weight excluding hydrogens is 532 g/mol. The van der Waals surface area contributed by atoms with E-state index in [-0.39, 0.29) is 28.5 Å². The van der Waals surface area contributed by atoms with E-state index in [1.807, 2.05) is 30.5 Å². The number of nitrogens with zero attached hydrogens (tertiary/aromatic N) is 3. The highest BCUT2D eigenvalue weighted by Gasteiger charge is 2.17. The third-order valence-electron chi connectivity index (χ3n) is 5.44. The number of carbonyl (C=O) groups is 3. The van der Waals surface area contributed by atoms with Crippen LogP contribution >= 0.6 is 23.4 Å². The maximum atomic E-state index is 12.6. The number of ether oxygens (including phenoxy) is 3. The zero-order chi connectivity index (χ0) is 27.7. The van der Waals surface area contributed by atoms with Gasteiger partial charge in [0.2, 0.25) is 5.91 Å². The van der Waals surface area contributed by atoms with Crippen molar-refractivity contribution in [3.8, 4) is 5.75 Å². The number of hydrogen-bond donors (Lipinski definition) is 1. The number of benzene rings is 2. The molecular formula is C26H29ClN4O6S. The van der Waals surface area contributed by atoms with E-state index >= 15 is 0 Å². The first-order chi connectivity index (χ1) is 18.2. The number of aromatic nitrogens is 3. The Bertz CT molecular complexity index is 1280. The molecule has 3 aromatic rings. The lowest BCUT2D eigenvalue weighted by molar-refractivity contribution is -0.113. The molecule has 0 saturated heterocycles. The van der Waals surface area contributed by atoms with Gasteiger partial charge in [-0.15, -0.1) is 10.2 Å². The average Bonchev–Trinajstić information content (AvgIpc) is 3.31. The van der Waals surface area contributed by atoms with Crippen LogP contribution in [0.5, 0.6) is 5.75 Å². The molecule has 0 fully saturated rings. The van der Waals surface area contributed by atoms with Crippen molar-refractivity contribution in [2.75, 3.05) is 31.9 Å². The lowest BCUT2D eigenvalue weighted by Crippen LogP contribution is -2.16. The second-order valence-electron chi connectivity index (χ2n) is 8.12. The standard InChI is InChI=1S/C26H29ClN4O6S/c1-5-31-22(7-6-10-37-21-9-8-19(27)11-16(21)2)29-30-26(31)38-15-23(32)28-20-13-17(24(33)35-3)12-18(14-20)25(34)36-4/h8-9,11-14H,5-7,10,15H2,1-4H3,(H,28,32). The van der Waals surface area contributed by atoms with Gasteiger partial charge >= 0.3 is 11.9 Å². The molecule has 0 aliphatic heterocycles. The molecule has 0 spiro atoms. The normalized spacial score (nSPS) is 10.7. The Balaban J connectivity index is 1.57. The van der Waals surface area contributed by atoms with Crippen LogP contribution in [-0.2, 0) is 27.2 Å². The van der Waals surface area contributed by atoms with Gasteiger partial charge in [-0.05, 0) is 62.2 Å². The van der Waals surface area contributed by atoms with Crippen molar-refractivity contribution in [1.29, 1.82) is 0 Å². The van der Waals surface area contributed by atoms with Gasteiger partial charge in [0, 0.05) is 23.7 Å². The number of amides is 1. The van der Waals surface area contributed by atoms with E-state index in [0.29, 0.717) is 29.8 Å². The first-order valence-corrected chi connectivity index (χ1v) is 13.2. The number of aryl methyl sites for hydroxylation is 2. The maximum Gasteiger partial charge on any atom is 0.337 e. The number of rotatable bonds is 12. The Kier molecular flexibility index (Phi) is 10.5. The van der Waals surface area contributed by atoms with Gasteiger partial charge in [0.15, 0.2) is 5.16 Å². The van der Waals surface area contributed by atoms with Crippen molar-refractivity contribution in [3.63, 3.8) is 0 Å². The summed E-state index contributed by atoms with van der Waals surface area (Å²) >= 11 is 7.23. The molecule has 10 nitrogen and oxygen atoms in total.